The van der Waals surface area contributed by atoms with Crippen LogP contribution in [0.2, 0.25) is 0 Å². The molecule has 0 spiro atoms. The van der Waals surface area contributed by atoms with E-state index in [2.05, 4.69) is 0 Å². The van der Waals surface area contributed by atoms with Crippen molar-refractivity contribution in [2.75, 3.05) is 6.54 Å². The first-order valence-corrected chi connectivity index (χ1v) is 5.08. The van der Waals surface area contributed by atoms with Crippen LogP contribution in [0.1, 0.15) is 24.8 Å². The first-order valence-electron chi connectivity index (χ1n) is 5.08. The Morgan fingerprint density at radius 1 is 1.14 bits per heavy atom. The molecule has 0 amide bonds. The molecule has 0 aromatic heterocycles. The average molecular weight is 191 g/mol. The predicted octanol–water partition coefficient (Wildman–Crippen LogP) is 1.93. The predicted molar refractivity (Wildman–Crippen MR) is 58.1 cm³/mol. The standard InChI is InChI=1S/C12H17NO/c13-9-5-4-8-12(14)10-11-6-2-1-3-7-11/h1-3,6-7H,4-5,8-10,13H2. The molecule has 0 saturated heterocycles. The van der Waals surface area contributed by atoms with E-state index in [1.165, 1.54) is 0 Å². The third-order valence-corrected chi connectivity index (χ3v) is 2.15. The summed E-state index contributed by atoms with van der Waals surface area (Å²) in [6, 6.07) is 9.86. The third kappa shape index (κ3) is 4.19. The van der Waals surface area contributed by atoms with Crippen LogP contribution in [-0.2, 0) is 11.2 Å². The molecule has 0 unspecified atom stereocenters. The minimum Gasteiger partial charge on any atom is -0.330 e. The fourth-order valence-corrected chi connectivity index (χ4v) is 1.38. The molecule has 0 fully saturated rings. The van der Waals surface area contributed by atoms with Gasteiger partial charge in [0.25, 0.3) is 0 Å². The van der Waals surface area contributed by atoms with E-state index in [1.807, 2.05) is 30.3 Å². The molecule has 14 heavy (non-hydrogen) atoms. The minimum absolute atomic E-state index is 0.310. The van der Waals surface area contributed by atoms with Gasteiger partial charge in [-0.15, -0.1) is 0 Å². The average Bonchev–Trinajstić information content (AvgIpc) is 2.20. The molecular weight excluding hydrogens is 174 g/mol. The second-order valence-electron chi connectivity index (χ2n) is 3.45. The lowest BCUT2D eigenvalue weighted by atomic mass is 10.1. The maximum absolute atomic E-state index is 11.4. The van der Waals surface area contributed by atoms with Crippen molar-refractivity contribution in [1.29, 1.82) is 0 Å². The van der Waals surface area contributed by atoms with Gasteiger partial charge in [-0.1, -0.05) is 30.3 Å². The fraction of sp³-hybridized carbons (Fsp3) is 0.417. The highest BCUT2D eigenvalue weighted by Crippen LogP contribution is 2.04. The van der Waals surface area contributed by atoms with Crippen molar-refractivity contribution in [2.45, 2.75) is 25.7 Å². The maximum atomic E-state index is 11.4. The molecule has 76 valence electrons. The van der Waals surface area contributed by atoms with E-state index in [9.17, 15) is 4.79 Å². The Hall–Kier alpha value is -1.15. The summed E-state index contributed by atoms with van der Waals surface area (Å²) in [7, 11) is 0. The Bertz CT molecular complexity index is 269. The van der Waals surface area contributed by atoms with Gasteiger partial charge in [0.2, 0.25) is 0 Å². The number of Topliss-reactive ketones (excluding diaryl/α,β-unsaturated/α-hetero) is 1. The summed E-state index contributed by atoms with van der Waals surface area (Å²) in [5.41, 5.74) is 6.46. The van der Waals surface area contributed by atoms with E-state index in [4.69, 9.17) is 5.73 Å². The summed E-state index contributed by atoms with van der Waals surface area (Å²) in [5.74, 6) is 0.310. The van der Waals surface area contributed by atoms with Gasteiger partial charge in [-0.05, 0) is 24.9 Å². The molecule has 1 aromatic carbocycles. The smallest absolute Gasteiger partial charge is 0.137 e. The third-order valence-electron chi connectivity index (χ3n) is 2.15. The van der Waals surface area contributed by atoms with Crippen LogP contribution in [0.25, 0.3) is 0 Å². The lowest BCUT2D eigenvalue weighted by Crippen LogP contribution is -2.04. The molecular formula is C12H17NO. The summed E-state index contributed by atoms with van der Waals surface area (Å²) in [4.78, 5) is 11.4. The zero-order valence-electron chi connectivity index (χ0n) is 8.41. The van der Waals surface area contributed by atoms with Gasteiger partial charge < -0.3 is 5.73 Å². The number of nitrogens with two attached hydrogens (primary N) is 1. The lowest BCUT2D eigenvalue weighted by Gasteiger charge is -2.00. The van der Waals surface area contributed by atoms with E-state index >= 15 is 0 Å². The van der Waals surface area contributed by atoms with Gasteiger partial charge >= 0.3 is 0 Å². The lowest BCUT2D eigenvalue weighted by molar-refractivity contribution is -0.118. The second-order valence-corrected chi connectivity index (χ2v) is 3.45. The molecule has 1 aromatic rings. The van der Waals surface area contributed by atoms with Crippen molar-refractivity contribution in [2.24, 2.45) is 5.73 Å². The van der Waals surface area contributed by atoms with Gasteiger partial charge in [0.05, 0.1) is 0 Å². The van der Waals surface area contributed by atoms with Gasteiger partial charge in [0.1, 0.15) is 5.78 Å². The van der Waals surface area contributed by atoms with E-state index < -0.39 is 0 Å². The molecule has 2 heteroatoms. The van der Waals surface area contributed by atoms with E-state index in [0.29, 0.717) is 25.2 Å². The molecule has 0 atom stereocenters. The van der Waals surface area contributed by atoms with Gasteiger partial charge in [0, 0.05) is 12.8 Å². The normalized spacial score (nSPS) is 10.1. The Morgan fingerprint density at radius 3 is 2.50 bits per heavy atom. The first-order chi connectivity index (χ1) is 6.83. The van der Waals surface area contributed by atoms with Gasteiger partial charge in [-0.2, -0.15) is 0 Å². The quantitative estimate of drug-likeness (QED) is 0.698. The van der Waals surface area contributed by atoms with Gasteiger partial charge in [0.15, 0.2) is 0 Å². The van der Waals surface area contributed by atoms with E-state index in [0.717, 1.165) is 18.4 Å². The van der Waals surface area contributed by atoms with Crippen LogP contribution in [0.3, 0.4) is 0 Å². The first kappa shape index (κ1) is 10.9. The monoisotopic (exact) mass is 191 g/mol. The second kappa shape index (κ2) is 6.33. The van der Waals surface area contributed by atoms with E-state index in [-0.39, 0.29) is 0 Å². The van der Waals surface area contributed by atoms with Crippen LogP contribution in [0.4, 0.5) is 0 Å². The molecule has 0 aliphatic rings. The number of hydrogen-bond acceptors (Lipinski definition) is 2. The van der Waals surface area contributed by atoms with Crippen LogP contribution in [0.15, 0.2) is 30.3 Å². The summed E-state index contributed by atoms with van der Waals surface area (Å²) >= 11 is 0. The minimum atomic E-state index is 0.310. The van der Waals surface area contributed by atoms with E-state index in [1.54, 1.807) is 0 Å². The number of unbranched alkanes of at least 4 members (excludes halogenated alkanes) is 1. The number of carbonyl (C=O) groups is 1. The van der Waals surface area contributed by atoms with Crippen molar-refractivity contribution >= 4 is 5.78 Å². The largest absolute Gasteiger partial charge is 0.330 e. The maximum Gasteiger partial charge on any atom is 0.137 e. The van der Waals surface area contributed by atoms with Crippen molar-refractivity contribution in [3.63, 3.8) is 0 Å². The number of ketones is 1. The Labute approximate surface area is 85.1 Å². The zero-order valence-corrected chi connectivity index (χ0v) is 8.41. The summed E-state index contributed by atoms with van der Waals surface area (Å²) < 4.78 is 0. The molecule has 2 nitrogen and oxygen atoms in total. The van der Waals surface area contributed by atoms with Gasteiger partial charge in [-0.25, -0.2) is 0 Å². The highest BCUT2D eigenvalue weighted by molar-refractivity contribution is 5.80. The van der Waals surface area contributed by atoms with Crippen molar-refractivity contribution in [3.05, 3.63) is 35.9 Å². The van der Waals surface area contributed by atoms with Crippen LogP contribution in [0, 0.1) is 0 Å². The Kier molecular flexibility index (Phi) is 4.94. The summed E-state index contributed by atoms with van der Waals surface area (Å²) in [6.45, 7) is 0.679. The molecule has 0 saturated carbocycles. The summed E-state index contributed by atoms with van der Waals surface area (Å²) in [5, 5.41) is 0. The zero-order chi connectivity index (χ0) is 10.2. The fourth-order valence-electron chi connectivity index (χ4n) is 1.38. The van der Waals surface area contributed by atoms with Gasteiger partial charge in [-0.3, -0.25) is 4.79 Å². The topological polar surface area (TPSA) is 43.1 Å². The van der Waals surface area contributed by atoms with Crippen LogP contribution >= 0.6 is 0 Å². The van der Waals surface area contributed by atoms with Crippen molar-refractivity contribution in [3.8, 4) is 0 Å². The Balaban J connectivity index is 2.27. The van der Waals surface area contributed by atoms with Crippen LogP contribution in [0.5, 0.6) is 0 Å². The molecule has 0 radical (unpaired) electrons. The molecule has 0 heterocycles. The van der Waals surface area contributed by atoms with Crippen molar-refractivity contribution < 1.29 is 4.79 Å². The number of benzene rings is 1. The summed E-state index contributed by atoms with van der Waals surface area (Å²) in [6.07, 6.45) is 3.08. The number of carbonyl (C=O) groups excluding carboxylic acids is 1. The SMILES string of the molecule is NCCCCC(=O)Cc1ccccc1. The molecule has 0 aliphatic heterocycles. The Morgan fingerprint density at radius 2 is 1.86 bits per heavy atom. The van der Waals surface area contributed by atoms with Crippen LogP contribution in [-0.4, -0.2) is 12.3 Å². The van der Waals surface area contributed by atoms with Crippen LogP contribution < -0.4 is 5.73 Å². The molecule has 1 rings (SSSR count). The highest BCUT2D eigenvalue weighted by atomic mass is 16.1. The molecule has 0 bridgehead atoms. The molecule has 0 aliphatic carbocycles. The molecule has 2 N–H and O–H groups in total. The number of hydrogen-bond donors (Lipinski definition) is 1. The number of rotatable bonds is 6. The van der Waals surface area contributed by atoms with Crippen molar-refractivity contribution in [1.82, 2.24) is 0 Å². The highest BCUT2D eigenvalue weighted by Gasteiger charge is 2.02.